The van der Waals surface area contributed by atoms with Gasteiger partial charge in [-0.05, 0) is 83.4 Å². The Hall–Kier alpha value is -4.57. The molecule has 9 nitrogen and oxygen atoms in total. The number of carboxylic acid groups (broad SMARTS) is 1. The molecule has 1 aliphatic rings. The minimum atomic E-state index is -1.15. The van der Waals surface area contributed by atoms with Crippen LogP contribution in [-0.2, 0) is 0 Å². The number of carboxylic acids is 1. The molecule has 0 saturated heterocycles. The number of nitrogens with one attached hydrogen (secondary N) is 1. The average molecular weight is 560 g/mol. The second kappa shape index (κ2) is 8.82. The monoisotopic (exact) mass is 559 g/mol. The molecule has 0 aliphatic carbocycles. The highest BCUT2D eigenvalue weighted by atomic mass is 79.9. The lowest BCUT2D eigenvalue weighted by molar-refractivity contribution is -0.383. The van der Waals surface area contributed by atoms with Gasteiger partial charge in [0.15, 0.2) is 0 Å². The first-order valence-electron chi connectivity index (χ1n) is 11.1. The summed E-state index contributed by atoms with van der Waals surface area (Å²) >= 11 is 3.50. The van der Waals surface area contributed by atoms with E-state index in [9.17, 15) is 24.5 Å². The molecule has 10 heteroatoms. The van der Waals surface area contributed by atoms with Gasteiger partial charge in [0, 0.05) is 26.9 Å². The molecule has 4 aromatic carbocycles. The van der Waals surface area contributed by atoms with E-state index in [1.54, 1.807) is 18.2 Å². The fourth-order valence-electron chi connectivity index (χ4n) is 4.42. The third-order valence-electron chi connectivity index (χ3n) is 6.42. The normalized spacial score (nSPS) is 12.7. The maximum Gasteiger partial charge on any atom is 0.335 e. The number of aryl methyl sites for hydroxylation is 2. The van der Waals surface area contributed by atoms with Crippen molar-refractivity contribution in [1.82, 2.24) is 0 Å². The second-order valence-corrected chi connectivity index (χ2v) is 9.50. The molecule has 37 heavy (non-hydrogen) atoms. The van der Waals surface area contributed by atoms with Gasteiger partial charge >= 0.3 is 5.97 Å². The summed E-state index contributed by atoms with van der Waals surface area (Å²) in [5.41, 5.74) is 2.81. The van der Waals surface area contributed by atoms with E-state index in [2.05, 4.69) is 21.2 Å². The quantitative estimate of drug-likeness (QED) is 0.165. The Labute approximate surface area is 218 Å². The van der Waals surface area contributed by atoms with E-state index in [-0.39, 0.29) is 33.8 Å². The number of nitro benzene ring substituents is 1. The van der Waals surface area contributed by atoms with Crippen LogP contribution in [0.5, 0.6) is 0 Å². The molecule has 4 aromatic rings. The van der Waals surface area contributed by atoms with E-state index in [0.29, 0.717) is 20.9 Å². The van der Waals surface area contributed by atoms with Gasteiger partial charge in [0.1, 0.15) is 5.69 Å². The van der Waals surface area contributed by atoms with E-state index >= 15 is 0 Å². The van der Waals surface area contributed by atoms with Crippen LogP contribution in [0.3, 0.4) is 0 Å². The maximum absolute atomic E-state index is 13.6. The third-order valence-corrected chi connectivity index (χ3v) is 7.08. The number of carbonyl (C=O) groups is 3. The Morgan fingerprint density at radius 2 is 1.62 bits per heavy atom. The van der Waals surface area contributed by atoms with Crippen LogP contribution in [0.4, 0.5) is 22.7 Å². The average Bonchev–Trinajstić information content (AvgIpc) is 2.86. The Kier molecular flexibility index (Phi) is 5.76. The number of imide groups is 1. The second-order valence-electron chi connectivity index (χ2n) is 8.64. The Balaban J connectivity index is 1.71. The van der Waals surface area contributed by atoms with Gasteiger partial charge in [-0.1, -0.05) is 12.1 Å². The summed E-state index contributed by atoms with van der Waals surface area (Å²) < 4.78 is 0.702. The zero-order valence-corrected chi connectivity index (χ0v) is 21.1. The van der Waals surface area contributed by atoms with Gasteiger partial charge < -0.3 is 10.4 Å². The molecule has 1 aliphatic heterocycles. The summed E-state index contributed by atoms with van der Waals surface area (Å²) in [5.74, 6) is -2.50. The van der Waals surface area contributed by atoms with Crippen molar-refractivity contribution in [2.45, 2.75) is 13.8 Å². The predicted octanol–water partition coefficient (Wildman–Crippen LogP) is 6.37. The Morgan fingerprint density at radius 3 is 2.27 bits per heavy atom. The predicted molar refractivity (Wildman–Crippen MR) is 142 cm³/mol. The first-order chi connectivity index (χ1) is 17.6. The molecule has 2 amide bonds. The smallest absolute Gasteiger partial charge is 0.335 e. The minimum Gasteiger partial charge on any atom is -0.478 e. The number of rotatable bonds is 5. The van der Waals surface area contributed by atoms with Gasteiger partial charge in [-0.3, -0.25) is 19.7 Å². The lowest BCUT2D eigenvalue weighted by atomic mass is 9.91. The van der Waals surface area contributed by atoms with Crippen molar-refractivity contribution in [3.8, 4) is 0 Å². The van der Waals surface area contributed by atoms with Crippen LogP contribution in [0.25, 0.3) is 10.8 Å². The molecule has 0 radical (unpaired) electrons. The highest BCUT2D eigenvalue weighted by molar-refractivity contribution is 9.10. The fraction of sp³-hybridized carbons (Fsp3) is 0.0741. The van der Waals surface area contributed by atoms with E-state index in [1.165, 1.54) is 30.3 Å². The van der Waals surface area contributed by atoms with Crippen molar-refractivity contribution >= 4 is 67.2 Å². The van der Waals surface area contributed by atoms with Gasteiger partial charge in [-0.25, -0.2) is 9.69 Å². The number of benzene rings is 4. The highest BCUT2D eigenvalue weighted by Crippen LogP contribution is 2.43. The molecule has 0 spiro atoms. The lowest BCUT2D eigenvalue weighted by Crippen LogP contribution is -2.40. The molecule has 1 heterocycles. The summed E-state index contributed by atoms with van der Waals surface area (Å²) in [6.07, 6.45) is 0. The molecule has 0 aromatic heterocycles. The summed E-state index contributed by atoms with van der Waals surface area (Å²) in [7, 11) is 0. The summed E-state index contributed by atoms with van der Waals surface area (Å²) in [6.45, 7) is 3.88. The molecule has 184 valence electrons. The first-order valence-corrected chi connectivity index (χ1v) is 11.9. The van der Waals surface area contributed by atoms with E-state index in [0.717, 1.165) is 16.0 Å². The van der Waals surface area contributed by atoms with E-state index < -0.39 is 22.7 Å². The number of amides is 2. The molecule has 5 rings (SSSR count). The van der Waals surface area contributed by atoms with Crippen LogP contribution in [-0.4, -0.2) is 27.8 Å². The van der Waals surface area contributed by atoms with Crippen LogP contribution in [0.15, 0.2) is 65.1 Å². The summed E-state index contributed by atoms with van der Waals surface area (Å²) in [5, 5.41) is 25.1. The van der Waals surface area contributed by atoms with E-state index in [1.807, 2.05) is 26.0 Å². The molecule has 0 bridgehead atoms. The molecular formula is C27H18BrN3O6. The molecule has 0 saturated carbocycles. The number of hydrogen-bond acceptors (Lipinski definition) is 6. The van der Waals surface area contributed by atoms with Gasteiger partial charge in [0.25, 0.3) is 17.5 Å². The van der Waals surface area contributed by atoms with Crippen LogP contribution in [0, 0.1) is 24.0 Å². The number of anilines is 3. The molecule has 2 N–H and O–H groups in total. The van der Waals surface area contributed by atoms with Crippen molar-refractivity contribution in [2.75, 3.05) is 10.2 Å². The van der Waals surface area contributed by atoms with Gasteiger partial charge in [0.05, 0.1) is 27.4 Å². The molecule has 0 atom stereocenters. The third kappa shape index (κ3) is 3.91. The first kappa shape index (κ1) is 24.1. The highest BCUT2D eigenvalue weighted by Gasteiger charge is 2.37. The molecule has 0 unspecified atom stereocenters. The minimum absolute atomic E-state index is 0.00362. The van der Waals surface area contributed by atoms with Crippen molar-refractivity contribution in [1.29, 1.82) is 0 Å². The van der Waals surface area contributed by atoms with Gasteiger partial charge in [0.2, 0.25) is 0 Å². The standard InChI is InChI=1S/C27H18BrN3O6/c1-13-10-20(28)21(11-14(13)2)29-24-17-4-3-5-18-23(17)19(12-22(24)31(36)37)26(33)30(25(18)32)16-8-6-15(7-9-16)27(34)35/h3-12,29H,1-2H3,(H,34,35). The van der Waals surface area contributed by atoms with E-state index in [4.69, 9.17) is 5.11 Å². The van der Waals surface area contributed by atoms with Gasteiger partial charge in [-0.2, -0.15) is 0 Å². The number of carbonyl (C=O) groups excluding carboxylic acids is 2. The van der Waals surface area contributed by atoms with Crippen molar-refractivity contribution < 1.29 is 24.4 Å². The maximum atomic E-state index is 13.6. The Bertz CT molecular complexity index is 1680. The summed E-state index contributed by atoms with van der Waals surface area (Å²) in [4.78, 5) is 50.7. The van der Waals surface area contributed by atoms with Crippen LogP contribution >= 0.6 is 15.9 Å². The SMILES string of the molecule is Cc1cc(Br)c(Nc2c([N+](=O)[O-])cc3c4c(cccc24)C(=O)N(c2ccc(C(=O)O)cc2)C3=O)cc1C. The number of halogens is 1. The molecular weight excluding hydrogens is 542 g/mol. The molecule has 0 fully saturated rings. The largest absolute Gasteiger partial charge is 0.478 e. The lowest BCUT2D eigenvalue weighted by Gasteiger charge is -2.28. The van der Waals surface area contributed by atoms with Crippen LogP contribution < -0.4 is 10.2 Å². The number of nitro groups is 1. The zero-order valence-electron chi connectivity index (χ0n) is 19.5. The fourth-order valence-corrected chi connectivity index (χ4v) is 4.98. The zero-order chi connectivity index (χ0) is 26.6. The summed E-state index contributed by atoms with van der Waals surface area (Å²) in [6, 6.07) is 15.0. The van der Waals surface area contributed by atoms with Crippen molar-refractivity contribution in [3.05, 3.63) is 103 Å². The van der Waals surface area contributed by atoms with Crippen molar-refractivity contribution in [2.24, 2.45) is 0 Å². The van der Waals surface area contributed by atoms with Crippen LogP contribution in [0.1, 0.15) is 42.2 Å². The Morgan fingerprint density at radius 1 is 0.973 bits per heavy atom. The topological polar surface area (TPSA) is 130 Å². The number of hydrogen-bond donors (Lipinski definition) is 2. The van der Waals surface area contributed by atoms with Crippen LogP contribution in [0.2, 0.25) is 0 Å². The number of nitrogens with zero attached hydrogens (tertiary/aromatic N) is 2. The van der Waals surface area contributed by atoms with Gasteiger partial charge in [-0.15, -0.1) is 0 Å². The number of aromatic carboxylic acids is 1. The van der Waals surface area contributed by atoms with Crippen molar-refractivity contribution in [3.63, 3.8) is 0 Å².